The molecule has 2 aromatic rings. The Morgan fingerprint density at radius 1 is 1.10 bits per heavy atom. The van der Waals surface area contributed by atoms with Crippen molar-refractivity contribution in [1.82, 2.24) is 4.98 Å². The highest BCUT2D eigenvalue weighted by Crippen LogP contribution is 2.28. The number of fused-ring (bicyclic) bond motifs is 1. The van der Waals surface area contributed by atoms with Gasteiger partial charge in [-0.3, -0.25) is 9.78 Å². The summed E-state index contributed by atoms with van der Waals surface area (Å²) in [7, 11) is 0. The molecule has 104 valence electrons. The molecule has 0 aromatic carbocycles. The van der Waals surface area contributed by atoms with Crippen molar-refractivity contribution < 1.29 is 4.79 Å². The van der Waals surface area contributed by atoms with Crippen LogP contribution in [0, 0.1) is 0 Å². The molecule has 1 aliphatic rings. The lowest BCUT2D eigenvalue weighted by Gasteiger charge is -2.07. The van der Waals surface area contributed by atoms with E-state index < -0.39 is 0 Å². The second kappa shape index (κ2) is 6.18. The predicted molar refractivity (Wildman–Crippen MR) is 82.4 cm³/mol. The number of aromatic nitrogens is 1. The van der Waals surface area contributed by atoms with Crippen LogP contribution in [0.2, 0.25) is 0 Å². The molecule has 1 amide bonds. The number of hydrogen-bond acceptors (Lipinski definition) is 3. The van der Waals surface area contributed by atoms with Gasteiger partial charge in [0.2, 0.25) is 0 Å². The summed E-state index contributed by atoms with van der Waals surface area (Å²) < 4.78 is 0. The number of amides is 1. The normalized spacial score (nSPS) is 15.0. The van der Waals surface area contributed by atoms with Crippen LogP contribution >= 0.6 is 11.3 Å². The average molecular weight is 286 g/mol. The van der Waals surface area contributed by atoms with Crippen molar-refractivity contribution in [2.75, 3.05) is 5.32 Å². The zero-order valence-electron chi connectivity index (χ0n) is 11.4. The van der Waals surface area contributed by atoms with Gasteiger partial charge in [-0.05, 0) is 49.4 Å². The molecule has 20 heavy (non-hydrogen) atoms. The van der Waals surface area contributed by atoms with Gasteiger partial charge in [0.05, 0.1) is 4.88 Å². The van der Waals surface area contributed by atoms with Crippen molar-refractivity contribution in [3.05, 3.63) is 45.9 Å². The molecule has 4 heteroatoms. The van der Waals surface area contributed by atoms with E-state index in [-0.39, 0.29) is 5.91 Å². The molecule has 3 nitrogen and oxygen atoms in total. The van der Waals surface area contributed by atoms with Crippen molar-refractivity contribution in [2.45, 2.75) is 38.5 Å². The molecule has 0 aliphatic heterocycles. The molecule has 0 unspecified atom stereocenters. The molecular formula is C16H18N2OS. The molecule has 0 fully saturated rings. The summed E-state index contributed by atoms with van der Waals surface area (Å²) in [4.78, 5) is 18.5. The van der Waals surface area contributed by atoms with E-state index in [1.165, 1.54) is 36.1 Å². The number of nitrogens with zero attached hydrogens (tertiary/aromatic N) is 1. The van der Waals surface area contributed by atoms with Crippen molar-refractivity contribution in [3.8, 4) is 0 Å². The summed E-state index contributed by atoms with van der Waals surface area (Å²) in [5.41, 5.74) is 2.18. The molecule has 0 spiro atoms. The van der Waals surface area contributed by atoms with Gasteiger partial charge in [0.1, 0.15) is 0 Å². The van der Waals surface area contributed by atoms with E-state index in [1.807, 2.05) is 12.1 Å². The van der Waals surface area contributed by atoms with Crippen LogP contribution in [0.5, 0.6) is 0 Å². The maximum atomic E-state index is 12.3. The SMILES string of the molecule is O=C(Nc1ccncc1)c1cc2c(s1)CCCCCC2. The summed E-state index contributed by atoms with van der Waals surface area (Å²) in [6.45, 7) is 0. The maximum Gasteiger partial charge on any atom is 0.265 e. The molecule has 2 aromatic heterocycles. The topological polar surface area (TPSA) is 42.0 Å². The summed E-state index contributed by atoms with van der Waals surface area (Å²) in [6, 6.07) is 5.70. The highest BCUT2D eigenvalue weighted by atomic mass is 32.1. The fourth-order valence-corrected chi connectivity index (χ4v) is 3.73. The van der Waals surface area contributed by atoms with Crippen LogP contribution < -0.4 is 5.32 Å². The molecule has 0 bridgehead atoms. The number of hydrogen-bond donors (Lipinski definition) is 1. The van der Waals surface area contributed by atoms with Crippen LogP contribution in [0.1, 0.15) is 45.8 Å². The van der Waals surface area contributed by atoms with E-state index in [0.29, 0.717) is 0 Å². The van der Waals surface area contributed by atoms with E-state index >= 15 is 0 Å². The first kappa shape index (κ1) is 13.3. The first-order chi connectivity index (χ1) is 9.83. The number of carbonyl (C=O) groups is 1. The Morgan fingerprint density at radius 3 is 2.65 bits per heavy atom. The van der Waals surface area contributed by atoms with Crippen LogP contribution in [-0.4, -0.2) is 10.9 Å². The molecule has 0 atom stereocenters. The molecule has 2 heterocycles. The monoisotopic (exact) mass is 286 g/mol. The van der Waals surface area contributed by atoms with E-state index in [4.69, 9.17) is 0 Å². The highest BCUT2D eigenvalue weighted by molar-refractivity contribution is 7.14. The zero-order chi connectivity index (χ0) is 13.8. The Balaban J connectivity index is 1.76. The van der Waals surface area contributed by atoms with Gasteiger partial charge in [0.15, 0.2) is 0 Å². The van der Waals surface area contributed by atoms with Crippen LogP contribution in [0.4, 0.5) is 5.69 Å². The molecule has 0 saturated carbocycles. The summed E-state index contributed by atoms with van der Waals surface area (Å²) >= 11 is 1.66. The quantitative estimate of drug-likeness (QED) is 0.904. The summed E-state index contributed by atoms with van der Waals surface area (Å²) in [6.07, 6.45) is 10.7. The lowest BCUT2D eigenvalue weighted by Crippen LogP contribution is -2.09. The van der Waals surface area contributed by atoms with Gasteiger partial charge >= 0.3 is 0 Å². The lowest BCUT2D eigenvalue weighted by atomic mass is 10.00. The first-order valence-corrected chi connectivity index (χ1v) is 7.97. The van der Waals surface area contributed by atoms with Crippen molar-refractivity contribution in [3.63, 3.8) is 0 Å². The summed E-state index contributed by atoms with van der Waals surface area (Å²) in [5, 5.41) is 2.93. The standard InChI is InChI=1S/C16H18N2OS/c19-16(18-13-7-9-17-10-8-13)15-11-12-5-3-1-2-4-6-14(12)20-15/h7-11H,1-6H2,(H,17,18,19). The van der Waals surface area contributed by atoms with Crippen LogP contribution in [0.25, 0.3) is 0 Å². The fraction of sp³-hybridized carbons (Fsp3) is 0.375. The van der Waals surface area contributed by atoms with E-state index in [2.05, 4.69) is 16.4 Å². The van der Waals surface area contributed by atoms with Gasteiger partial charge in [-0.25, -0.2) is 0 Å². The second-order valence-corrected chi connectivity index (χ2v) is 6.30. The van der Waals surface area contributed by atoms with Gasteiger partial charge in [-0.1, -0.05) is 12.8 Å². The van der Waals surface area contributed by atoms with Crippen LogP contribution in [0.15, 0.2) is 30.6 Å². The maximum absolute atomic E-state index is 12.3. The molecule has 0 saturated heterocycles. The Hall–Kier alpha value is -1.68. The number of pyridine rings is 1. The predicted octanol–water partition coefficient (Wildman–Crippen LogP) is 4.05. The van der Waals surface area contributed by atoms with Gasteiger partial charge in [0.25, 0.3) is 5.91 Å². The van der Waals surface area contributed by atoms with Gasteiger partial charge in [-0.15, -0.1) is 11.3 Å². The van der Waals surface area contributed by atoms with E-state index in [1.54, 1.807) is 23.7 Å². The first-order valence-electron chi connectivity index (χ1n) is 7.16. The van der Waals surface area contributed by atoms with Crippen molar-refractivity contribution in [1.29, 1.82) is 0 Å². The third-order valence-corrected chi connectivity index (χ3v) is 4.89. The number of nitrogens with one attached hydrogen (secondary N) is 1. The molecular weight excluding hydrogens is 268 g/mol. The zero-order valence-corrected chi connectivity index (χ0v) is 12.2. The Labute approximate surface area is 123 Å². The van der Waals surface area contributed by atoms with Crippen LogP contribution in [0.3, 0.4) is 0 Å². The lowest BCUT2D eigenvalue weighted by molar-refractivity contribution is 0.103. The molecule has 0 radical (unpaired) electrons. The van der Waals surface area contributed by atoms with Gasteiger partial charge in [0, 0.05) is 23.0 Å². The number of carbonyl (C=O) groups excluding carboxylic acids is 1. The minimum atomic E-state index is -0.00653. The number of thiophene rings is 1. The molecule has 1 aliphatic carbocycles. The third kappa shape index (κ3) is 3.07. The minimum absolute atomic E-state index is 0.00653. The van der Waals surface area contributed by atoms with E-state index in [0.717, 1.165) is 23.4 Å². The summed E-state index contributed by atoms with van der Waals surface area (Å²) in [5.74, 6) is -0.00653. The molecule has 3 rings (SSSR count). The third-order valence-electron chi connectivity index (χ3n) is 3.66. The Bertz CT molecular complexity index is 566. The highest BCUT2D eigenvalue weighted by Gasteiger charge is 2.15. The number of aryl methyl sites for hydroxylation is 2. The largest absolute Gasteiger partial charge is 0.321 e. The average Bonchev–Trinajstić information content (AvgIpc) is 2.82. The minimum Gasteiger partial charge on any atom is -0.321 e. The number of rotatable bonds is 2. The number of anilines is 1. The fourth-order valence-electron chi connectivity index (χ4n) is 2.58. The van der Waals surface area contributed by atoms with Crippen molar-refractivity contribution in [2.24, 2.45) is 0 Å². The van der Waals surface area contributed by atoms with Gasteiger partial charge < -0.3 is 5.32 Å². The van der Waals surface area contributed by atoms with Gasteiger partial charge in [-0.2, -0.15) is 0 Å². The smallest absolute Gasteiger partial charge is 0.265 e. The Morgan fingerprint density at radius 2 is 1.85 bits per heavy atom. The van der Waals surface area contributed by atoms with E-state index in [9.17, 15) is 4.79 Å². The molecule has 1 N–H and O–H groups in total. The second-order valence-electron chi connectivity index (χ2n) is 5.16. The van der Waals surface area contributed by atoms with Crippen LogP contribution in [-0.2, 0) is 12.8 Å². The van der Waals surface area contributed by atoms with Crippen molar-refractivity contribution >= 4 is 22.9 Å². The Kier molecular flexibility index (Phi) is 4.11.